The molecule has 0 aliphatic carbocycles. The predicted octanol–water partition coefficient (Wildman–Crippen LogP) is 3.42. The summed E-state index contributed by atoms with van der Waals surface area (Å²) in [6.07, 6.45) is -3.17. The molecule has 0 amide bonds. The number of nitrogens with one attached hydrogen (secondary N) is 1. The highest BCUT2D eigenvalue weighted by molar-refractivity contribution is 9.18. The van der Waals surface area contributed by atoms with Crippen molar-refractivity contribution in [3.05, 3.63) is 23.4 Å². The average Bonchev–Trinajstić information content (AvgIpc) is 2.12. The summed E-state index contributed by atoms with van der Waals surface area (Å²) in [7, 11) is 0. The minimum atomic E-state index is -4.52. The second kappa shape index (κ2) is 4.80. The van der Waals surface area contributed by atoms with Crippen molar-refractivity contribution in [3.63, 3.8) is 0 Å². The molecule has 0 fully saturated rings. The molecule has 0 aliphatic rings. The van der Waals surface area contributed by atoms with Gasteiger partial charge in [0.15, 0.2) is 0 Å². The number of hydrogen-bond donors (Lipinski definition) is 1. The number of rotatable bonds is 2. The van der Waals surface area contributed by atoms with Gasteiger partial charge in [-0.3, -0.25) is 5.43 Å². The topological polar surface area (TPSA) is 37.3 Å². The summed E-state index contributed by atoms with van der Waals surface area (Å²) in [5.74, 6) is 0.128. The van der Waals surface area contributed by atoms with E-state index in [4.69, 9.17) is 11.6 Å². The molecular weight excluding hydrogens is 298 g/mol. The average molecular weight is 302 g/mol. The van der Waals surface area contributed by atoms with Gasteiger partial charge in [-0.05, 0) is 22.0 Å². The molecule has 8 heteroatoms. The van der Waals surface area contributed by atoms with Crippen molar-refractivity contribution in [2.24, 2.45) is 5.10 Å². The summed E-state index contributed by atoms with van der Waals surface area (Å²) in [6.45, 7) is 0. The molecule has 0 atom stereocenters. The van der Waals surface area contributed by atoms with Crippen LogP contribution in [0.15, 0.2) is 23.4 Å². The lowest BCUT2D eigenvalue weighted by molar-refractivity contribution is -0.0551. The summed E-state index contributed by atoms with van der Waals surface area (Å²) >= 11 is 7.86. The van der Waals surface area contributed by atoms with E-state index in [1.807, 2.05) is 0 Å². The zero-order valence-corrected chi connectivity index (χ0v) is 9.36. The first-order chi connectivity index (χ1) is 6.89. The van der Waals surface area contributed by atoms with Crippen molar-refractivity contribution in [3.8, 4) is 0 Å². The molecule has 1 rings (SSSR count). The van der Waals surface area contributed by atoms with E-state index in [2.05, 4.69) is 31.4 Å². The number of halogens is 5. The number of pyridine rings is 1. The quantitative estimate of drug-likeness (QED) is 0.671. The molecule has 1 aromatic rings. The summed E-state index contributed by atoms with van der Waals surface area (Å²) in [6, 6.07) is 2.84. The Hall–Kier alpha value is -0.820. The van der Waals surface area contributed by atoms with E-state index in [-0.39, 0.29) is 5.82 Å². The van der Waals surface area contributed by atoms with Crippen LogP contribution in [-0.2, 0) is 0 Å². The Balaban J connectivity index is 2.72. The van der Waals surface area contributed by atoms with Crippen LogP contribution in [0.2, 0.25) is 5.02 Å². The fraction of sp³-hybridized carbons (Fsp3) is 0.143. The molecular formula is C7H4BrClF3N3. The van der Waals surface area contributed by atoms with Gasteiger partial charge in [-0.25, -0.2) is 4.98 Å². The van der Waals surface area contributed by atoms with Gasteiger partial charge in [-0.2, -0.15) is 18.3 Å². The van der Waals surface area contributed by atoms with Crippen LogP contribution in [0.4, 0.5) is 19.0 Å². The molecule has 0 saturated carbocycles. The molecule has 0 aliphatic heterocycles. The van der Waals surface area contributed by atoms with E-state index < -0.39 is 10.8 Å². The zero-order valence-electron chi connectivity index (χ0n) is 7.02. The van der Waals surface area contributed by atoms with Gasteiger partial charge in [0.25, 0.3) is 0 Å². The van der Waals surface area contributed by atoms with Gasteiger partial charge < -0.3 is 0 Å². The molecule has 82 valence electrons. The van der Waals surface area contributed by atoms with Crippen LogP contribution in [0.3, 0.4) is 0 Å². The monoisotopic (exact) mass is 301 g/mol. The van der Waals surface area contributed by atoms with Crippen LogP contribution in [0.1, 0.15) is 0 Å². The van der Waals surface area contributed by atoms with E-state index in [1.165, 1.54) is 18.3 Å². The van der Waals surface area contributed by atoms with Crippen LogP contribution in [0, 0.1) is 0 Å². The van der Waals surface area contributed by atoms with Gasteiger partial charge >= 0.3 is 6.18 Å². The first-order valence-corrected chi connectivity index (χ1v) is 4.74. The summed E-state index contributed by atoms with van der Waals surface area (Å²) in [5, 5.41) is 3.40. The third kappa shape index (κ3) is 4.05. The Morgan fingerprint density at radius 3 is 2.73 bits per heavy atom. The first-order valence-electron chi connectivity index (χ1n) is 3.57. The van der Waals surface area contributed by atoms with Crippen LogP contribution in [0.5, 0.6) is 0 Å². The van der Waals surface area contributed by atoms with E-state index in [9.17, 15) is 13.2 Å². The van der Waals surface area contributed by atoms with Crippen LogP contribution in [0.25, 0.3) is 0 Å². The van der Waals surface area contributed by atoms with Crippen molar-refractivity contribution in [2.75, 3.05) is 5.43 Å². The molecule has 0 unspecified atom stereocenters. The van der Waals surface area contributed by atoms with Crippen molar-refractivity contribution in [2.45, 2.75) is 6.18 Å². The third-order valence-corrected chi connectivity index (χ3v) is 2.09. The lowest BCUT2D eigenvalue weighted by Gasteiger charge is -2.04. The molecule has 1 aromatic heterocycles. The van der Waals surface area contributed by atoms with Gasteiger partial charge in [0.1, 0.15) is 5.82 Å². The Labute approximate surface area is 96.5 Å². The minimum Gasteiger partial charge on any atom is -0.260 e. The number of anilines is 1. The maximum absolute atomic E-state index is 12.0. The normalized spacial score (nSPS) is 12.7. The number of alkyl halides is 3. The summed E-state index contributed by atoms with van der Waals surface area (Å²) in [4.78, 5) is 3.70. The number of hydrazone groups is 1. The first kappa shape index (κ1) is 12.3. The fourth-order valence-corrected chi connectivity index (χ4v) is 0.884. The molecule has 0 radical (unpaired) electrons. The molecule has 15 heavy (non-hydrogen) atoms. The van der Waals surface area contributed by atoms with Gasteiger partial charge in [0.2, 0.25) is 4.62 Å². The molecule has 0 aromatic carbocycles. The zero-order chi connectivity index (χ0) is 11.5. The van der Waals surface area contributed by atoms with Gasteiger partial charge in [-0.1, -0.05) is 11.6 Å². The van der Waals surface area contributed by atoms with Crippen LogP contribution in [-0.4, -0.2) is 15.8 Å². The largest absolute Gasteiger partial charge is 0.441 e. The van der Waals surface area contributed by atoms with Gasteiger partial charge in [-0.15, -0.1) is 0 Å². The van der Waals surface area contributed by atoms with Crippen molar-refractivity contribution < 1.29 is 13.2 Å². The Kier molecular flexibility index (Phi) is 3.92. The Morgan fingerprint density at radius 2 is 2.20 bits per heavy atom. The third-order valence-electron chi connectivity index (χ3n) is 1.22. The maximum atomic E-state index is 12.0. The number of nitrogens with zero attached hydrogens (tertiary/aromatic N) is 2. The van der Waals surface area contributed by atoms with E-state index in [0.717, 1.165) is 0 Å². The lowest BCUT2D eigenvalue weighted by Crippen LogP contribution is -2.18. The minimum absolute atomic E-state index is 0.128. The fourth-order valence-electron chi connectivity index (χ4n) is 0.636. The Morgan fingerprint density at radius 1 is 1.53 bits per heavy atom. The van der Waals surface area contributed by atoms with Crippen molar-refractivity contribution >= 4 is 38.0 Å². The molecule has 1 heterocycles. The number of hydrogen-bond acceptors (Lipinski definition) is 3. The predicted molar refractivity (Wildman–Crippen MR) is 55.3 cm³/mol. The lowest BCUT2D eigenvalue weighted by atomic mass is 10.5. The van der Waals surface area contributed by atoms with Crippen molar-refractivity contribution in [1.82, 2.24) is 4.98 Å². The highest BCUT2D eigenvalue weighted by atomic mass is 79.9. The highest BCUT2D eigenvalue weighted by Gasteiger charge is 2.34. The summed E-state index contributed by atoms with van der Waals surface area (Å²) in [5.41, 5.74) is 2.12. The summed E-state index contributed by atoms with van der Waals surface area (Å²) < 4.78 is 34.7. The molecule has 1 N–H and O–H groups in total. The standard InChI is InChI=1S/C7H4BrClF3N3/c8-6(7(10,11)12)15-14-5-3-4(9)1-2-13-5/h1-3H,(H,13,14)/b15-6-. The van der Waals surface area contributed by atoms with E-state index in [0.29, 0.717) is 5.02 Å². The molecule has 0 spiro atoms. The van der Waals surface area contributed by atoms with E-state index >= 15 is 0 Å². The second-order valence-corrected chi connectivity index (χ2v) is 3.56. The van der Waals surface area contributed by atoms with Crippen LogP contribution < -0.4 is 5.43 Å². The molecule has 0 bridgehead atoms. The van der Waals surface area contributed by atoms with Gasteiger partial charge in [0.05, 0.1) is 0 Å². The Bertz CT molecular complexity index is 380. The highest BCUT2D eigenvalue weighted by Crippen LogP contribution is 2.21. The smallest absolute Gasteiger partial charge is 0.260 e. The second-order valence-electron chi connectivity index (χ2n) is 2.37. The maximum Gasteiger partial charge on any atom is 0.441 e. The van der Waals surface area contributed by atoms with Crippen molar-refractivity contribution in [1.29, 1.82) is 0 Å². The number of aromatic nitrogens is 1. The molecule has 0 saturated heterocycles. The molecule has 3 nitrogen and oxygen atoms in total. The SMILES string of the molecule is FC(F)(F)/C(Br)=N/Nc1cc(Cl)ccn1. The van der Waals surface area contributed by atoms with Gasteiger partial charge in [0, 0.05) is 17.3 Å². The van der Waals surface area contributed by atoms with Crippen LogP contribution >= 0.6 is 27.5 Å². The van der Waals surface area contributed by atoms with E-state index in [1.54, 1.807) is 0 Å².